The first kappa shape index (κ1) is 15.8. The van der Waals surface area contributed by atoms with Gasteiger partial charge in [-0.15, -0.1) is 0 Å². The average molecular weight is 310 g/mol. The average Bonchev–Trinajstić information content (AvgIpc) is 2.59. The molecule has 1 aliphatic rings. The number of hydrogen-bond acceptors (Lipinski definition) is 4. The number of aryl methyl sites for hydroxylation is 1. The van der Waals surface area contributed by atoms with Gasteiger partial charge in [0.05, 0.1) is 0 Å². The van der Waals surface area contributed by atoms with Crippen molar-refractivity contribution in [2.24, 2.45) is 0 Å². The minimum Gasteiger partial charge on any atom is -0.443 e. The summed E-state index contributed by atoms with van der Waals surface area (Å²) >= 11 is 6.24. The summed E-state index contributed by atoms with van der Waals surface area (Å²) in [5.41, 5.74) is 0.200. The Balaban J connectivity index is 2.43. The number of ether oxygens (including phenoxy) is 1. The lowest BCUT2D eigenvalue weighted by Gasteiger charge is -2.26. The Morgan fingerprint density at radius 3 is 2.71 bits per heavy atom. The quantitative estimate of drug-likeness (QED) is 0.588. The molecule has 0 spiro atoms. The normalized spacial score (nSPS) is 14.6. The molecule has 5 nitrogen and oxygen atoms in total. The van der Waals surface area contributed by atoms with E-state index in [1.54, 1.807) is 0 Å². The molecule has 114 valence electrons. The van der Waals surface area contributed by atoms with Gasteiger partial charge in [-0.25, -0.2) is 14.8 Å². The number of hydrogen-bond donors (Lipinski definition) is 0. The molecular weight excluding hydrogens is 290 g/mol. The van der Waals surface area contributed by atoms with Crippen molar-refractivity contribution in [1.29, 1.82) is 0 Å². The SMILES string of the molecule is CCc1nc(Cl)c2c(n1)N(C(=O)OC(C)(C)C)CC=CC2. The Hall–Kier alpha value is -1.62. The van der Waals surface area contributed by atoms with Crippen LogP contribution in [0.25, 0.3) is 0 Å². The highest BCUT2D eigenvalue weighted by molar-refractivity contribution is 6.30. The Labute approximate surface area is 130 Å². The van der Waals surface area contributed by atoms with Gasteiger partial charge in [-0.2, -0.15) is 0 Å². The zero-order valence-electron chi connectivity index (χ0n) is 12.8. The number of allylic oxidation sites excluding steroid dienone is 1. The van der Waals surface area contributed by atoms with Gasteiger partial charge in [0.15, 0.2) is 0 Å². The Bertz CT molecular complexity index is 579. The fourth-order valence-electron chi connectivity index (χ4n) is 1.99. The van der Waals surface area contributed by atoms with E-state index in [0.717, 1.165) is 5.56 Å². The fourth-order valence-corrected chi connectivity index (χ4v) is 2.25. The highest BCUT2D eigenvalue weighted by atomic mass is 35.5. The standard InChI is InChI=1S/C15H20ClN3O2/c1-5-11-17-12(16)10-8-6-7-9-19(13(10)18-11)14(20)21-15(2,3)4/h6-7H,5,8-9H2,1-4H3. The van der Waals surface area contributed by atoms with Crippen LogP contribution >= 0.6 is 11.6 Å². The van der Waals surface area contributed by atoms with Crippen molar-refractivity contribution in [2.45, 2.75) is 46.1 Å². The van der Waals surface area contributed by atoms with Gasteiger partial charge in [0, 0.05) is 18.5 Å². The Morgan fingerprint density at radius 1 is 1.38 bits per heavy atom. The van der Waals surface area contributed by atoms with Crippen LogP contribution in [0.5, 0.6) is 0 Å². The minimum atomic E-state index is -0.558. The zero-order valence-corrected chi connectivity index (χ0v) is 13.6. The largest absolute Gasteiger partial charge is 0.443 e. The van der Waals surface area contributed by atoms with E-state index in [1.807, 2.05) is 39.8 Å². The van der Waals surface area contributed by atoms with Crippen molar-refractivity contribution >= 4 is 23.5 Å². The van der Waals surface area contributed by atoms with E-state index in [2.05, 4.69) is 9.97 Å². The second-order valence-electron chi connectivity index (χ2n) is 5.85. The minimum absolute atomic E-state index is 0.400. The van der Waals surface area contributed by atoms with Crippen LogP contribution in [0.1, 0.15) is 39.1 Å². The number of anilines is 1. The molecule has 0 atom stereocenters. The highest BCUT2D eigenvalue weighted by Crippen LogP contribution is 2.28. The molecule has 2 rings (SSSR count). The molecule has 2 heterocycles. The third-order valence-corrected chi connectivity index (χ3v) is 3.26. The van der Waals surface area contributed by atoms with Crippen LogP contribution in [0.15, 0.2) is 12.2 Å². The second-order valence-corrected chi connectivity index (χ2v) is 6.21. The predicted octanol–water partition coefficient (Wildman–Crippen LogP) is 3.55. The van der Waals surface area contributed by atoms with Crippen molar-refractivity contribution in [3.8, 4) is 0 Å². The molecular formula is C15H20ClN3O2. The third kappa shape index (κ3) is 3.73. The maximum Gasteiger partial charge on any atom is 0.416 e. The van der Waals surface area contributed by atoms with Gasteiger partial charge >= 0.3 is 6.09 Å². The Kier molecular flexibility index (Phi) is 4.52. The lowest BCUT2D eigenvalue weighted by atomic mass is 10.2. The number of carbonyl (C=O) groups excluding carboxylic acids is 1. The number of amides is 1. The molecule has 0 bridgehead atoms. The lowest BCUT2D eigenvalue weighted by Crippen LogP contribution is -2.38. The van der Waals surface area contributed by atoms with Crippen LogP contribution < -0.4 is 4.90 Å². The molecule has 0 saturated carbocycles. The summed E-state index contributed by atoms with van der Waals surface area (Å²) < 4.78 is 5.45. The lowest BCUT2D eigenvalue weighted by molar-refractivity contribution is 0.0583. The van der Waals surface area contributed by atoms with E-state index in [9.17, 15) is 4.79 Å². The van der Waals surface area contributed by atoms with Gasteiger partial charge in [-0.05, 0) is 27.2 Å². The number of nitrogens with zero attached hydrogens (tertiary/aromatic N) is 3. The van der Waals surface area contributed by atoms with Crippen molar-refractivity contribution in [3.63, 3.8) is 0 Å². The van der Waals surface area contributed by atoms with E-state index in [1.165, 1.54) is 4.90 Å². The van der Waals surface area contributed by atoms with E-state index in [4.69, 9.17) is 16.3 Å². The van der Waals surface area contributed by atoms with Crippen LogP contribution in [-0.2, 0) is 17.6 Å². The fraction of sp³-hybridized carbons (Fsp3) is 0.533. The summed E-state index contributed by atoms with van der Waals surface area (Å²) in [7, 11) is 0. The summed E-state index contributed by atoms with van der Waals surface area (Å²) in [6.45, 7) is 7.88. The van der Waals surface area contributed by atoms with Crippen LogP contribution in [0.4, 0.5) is 10.6 Å². The first-order chi connectivity index (χ1) is 9.81. The molecule has 0 fully saturated rings. The number of carbonyl (C=O) groups is 1. The van der Waals surface area contributed by atoms with Gasteiger partial charge in [0.1, 0.15) is 22.4 Å². The maximum atomic E-state index is 12.4. The molecule has 0 radical (unpaired) electrons. The van der Waals surface area contributed by atoms with Gasteiger partial charge < -0.3 is 4.74 Å². The summed E-state index contributed by atoms with van der Waals surface area (Å²) in [5.74, 6) is 1.17. The summed E-state index contributed by atoms with van der Waals surface area (Å²) in [5, 5.41) is 0.400. The van der Waals surface area contributed by atoms with Gasteiger partial charge in [-0.3, -0.25) is 4.90 Å². The molecule has 21 heavy (non-hydrogen) atoms. The molecule has 0 unspecified atom stereocenters. The first-order valence-electron chi connectivity index (χ1n) is 7.02. The molecule has 0 saturated heterocycles. The van der Waals surface area contributed by atoms with Crippen molar-refractivity contribution in [2.75, 3.05) is 11.4 Å². The van der Waals surface area contributed by atoms with E-state index < -0.39 is 11.7 Å². The smallest absolute Gasteiger partial charge is 0.416 e. The van der Waals surface area contributed by atoms with Crippen molar-refractivity contribution < 1.29 is 9.53 Å². The second kappa shape index (κ2) is 6.02. The molecule has 1 amide bonds. The first-order valence-corrected chi connectivity index (χ1v) is 7.40. The molecule has 0 aliphatic carbocycles. The third-order valence-electron chi connectivity index (χ3n) is 2.94. The van der Waals surface area contributed by atoms with Crippen LogP contribution in [0.2, 0.25) is 5.15 Å². The van der Waals surface area contributed by atoms with Crippen LogP contribution in [-0.4, -0.2) is 28.2 Å². The predicted molar refractivity (Wildman–Crippen MR) is 82.8 cm³/mol. The van der Waals surface area contributed by atoms with Crippen LogP contribution in [0.3, 0.4) is 0 Å². The molecule has 1 aromatic heterocycles. The summed E-state index contributed by atoms with van der Waals surface area (Å²) in [6.07, 6.45) is 4.71. The van der Waals surface area contributed by atoms with Gasteiger partial charge in [0.2, 0.25) is 0 Å². The topological polar surface area (TPSA) is 55.3 Å². The maximum absolute atomic E-state index is 12.4. The number of rotatable bonds is 1. The molecule has 6 heteroatoms. The molecule has 1 aromatic rings. The number of aromatic nitrogens is 2. The van der Waals surface area contributed by atoms with E-state index in [-0.39, 0.29) is 0 Å². The zero-order chi connectivity index (χ0) is 15.6. The summed E-state index contributed by atoms with van der Waals surface area (Å²) in [6, 6.07) is 0. The molecule has 0 aromatic carbocycles. The van der Waals surface area contributed by atoms with Crippen molar-refractivity contribution in [1.82, 2.24) is 9.97 Å². The van der Waals surface area contributed by atoms with E-state index >= 15 is 0 Å². The molecule has 1 aliphatic heterocycles. The van der Waals surface area contributed by atoms with Crippen LogP contribution in [0, 0.1) is 0 Å². The summed E-state index contributed by atoms with van der Waals surface area (Å²) in [4.78, 5) is 22.6. The Morgan fingerprint density at radius 2 is 2.10 bits per heavy atom. The number of halogens is 1. The monoisotopic (exact) mass is 309 g/mol. The van der Waals surface area contributed by atoms with Crippen molar-refractivity contribution in [3.05, 3.63) is 28.7 Å². The van der Waals surface area contributed by atoms with E-state index in [0.29, 0.717) is 36.2 Å². The van der Waals surface area contributed by atoms with Gasteiger partial charge in [0.25, 0.3) is 0 Å². The number of fused-ring (bicyclic) bond motifs is 1. The molecule has 0 N–H and O–H groups in total. The van der Waals surface area contributed by atoms with Gasteiger partial charge in [-0.1, -0.05) is 30.7 Å². The highest BCUT2D eigenvalue weighted by Gasteiger charge is 2.28.